The van der Waals surface area contributed by atoms with Gasteiger partial charge in [0.2, 0.25) is 5.91 Å². The Morgan fingerprint density at radius 3 is 2.61 bits per heavy atom. The predicted molar refractivity (Wildman–Crippen MR) is 111 cm³/mol. The minimum atomic E-state index is -0.290. The van der Waals surface area contributed by atoms with Crippen molar-refractivity contribution in [2.45, 2.75) is 32.7 Å². The highest BCUT2D eigenvalue weighted by Crippen LogP contribution is 2.35. The highest BCUT2D eigenvalue weighted by molar-refractivity contribution is 6.30. The van der Waals surface area contributed by atoms with Gasteiger partial charge in [0.15, 0.2) is 0 Å². The maximum absolute atomic E-state index is 13.0. The van der Waals surface area contributed by atoms with Crippen molar-refractivity contribution < 1.29 is 9.90 Å². The first-order valence-corrected chi connectivity index (χ1v) is 9.52. The monoisotopic (exact) mass is 397 g/mol. The van der Waals surface area contributed by atoms with Crippen molar-refractivity contribution in [3.05, 3.63) is 81.6 Å². The lowest BCUT2D eigenvalue weighted by molar-refractivity contribution is -0.130. The maximum atomic E-state index is 13.0. The first-order chi connectivity index (χ1) is 13.4. The molecule has 0 radical (unpaired) electrons. The average Bonchev–Trinajstić information content (AvgIpc) is 2.98. The molecule has 5 nitrogen and oxygen atoms in total. The van der Waals surface area contributed by atoms with Gasteiger partial charge in [-0.1, -0.05) is 41.9 Å². The molecule has 1 unspecified atom stereocenters. The summed E-state index contributed by atoms with van der Waals surface area (Å²) in [7, 11) is 1.79. The number of rotatable bonds is 6. The molecule has 0 aliphatic heterocycles. The number of carbonyl (C=O) groups excluding carboxylic acids is 1. The topological polar surface area (TPSA) is 69.2 Å². The van der Waals surface area contributed by atoms with Crippen LogP contribution >= 0.6 is 11.6 Å². The number of aromatic amines is 1. The lowest BCUT2D eigenvalue weighted by Gasteiger charge is -2.23. The molecule has 2 aromatic carbocycles. The highest BCUT2D eigenvalue weighted by atomic mass is 35.5. The smallest absolute Gasteiger partial charge is 0.223 e. The second-order valence-corrected chi connectivity index (χ2v) is 7.47. The van der Waals surface area contributed by atoms with Gasteiger partial charge in [-0.15, -0.1) is 0 Å². The molecule has 0 aliphatic rings. The zero-order chi connectivity index (χ0) is 20.3. The first kappa shape index (κ1) is 20.0. The molecule has 1 amide bonds. The Kier molecular flexibility index (Phi) is 6.05. The van der Waals surface area contributed by atoms with Crippen LogP contribution in [0.2, 0.25) is 5.02 Å². The summed E-state index contributed by atoms with van der Waals surface area (Å²) in [6.07, 6.45) is 0.227. The van der Waals surface area contributed by atoms with E-state index in [1.165, 1.54) is 0 Å². The number of hydrogen-bond donors (Lipinski definition) is 2. The lowest BCUT2D eigenvalue weighted by atomic mass is 9.87. The summed E-state index contributed by atoms with van der Waals surface area (Å²) in [5, 5.41) is 18.1. The standard InChI is InChI=1S/C22H24ClN3O2/c1-14-20(15(2)25-24-14)13-26(3)22(28)12-19(16-7-6-8-17(23)11-16)18-9-4-5-10-21(18)27/h4-11,19,27H,12-13H2,1-3H3,(H,24,25). The average molecular weight is 398 g/mol. The number of nitrogens with zero attached hydrogens (tertiary/aromatic N) is 2. The van der Waals surface area contributed by atoms with E-state index < -0.39 is 0 Å². The van der Waals surface area contributed by atoms with Gasteiger partial charge in [0.25, 0.3) is 0 Å². The Morgan fingerprint density at radius 1 is 1.21 bits per heavy atom. The number of phenolic OH excluding ortho intramolecular Hbond substituents is 1. The van der Waals surface area contributed by atoms with Gasteiger partial charge >= 0.3 is 0 Å². The van der Waals surface area contributed by atoms with Crippen molar-refractivity contribution in [3.8, 4) is 5.75 Å². The summed E-state index contributed by atoms with van der Waals surface area (Å²) in [6, 6.07) is 14.5. The molecule has 1 aromatic heterocycles. The molecule has 0 aliphatic carbocycles. The number of hydrogen-bond acceptors (Lipinski definition) is 3. The number of aromatic hydroxyl groups is 1. The van der Waals surface area contributed by atoms with Crippen LogP contribution in [0.25, 0.3) is 0 Å². The van der Waals surface area contributed by atoms with Crippen LogP contribution < -0.4 is 0 Å². The lowest BCUT2D eigenvalue weighted by Crippen LogP contribution is -2.28. The summed E-state index contributed by atoms with van der Waals surface area (Å²) >= 11 is 6.18. The molecule has 0 fully saturated rings. The zero-order valence-electron chi connectivity index (χ0n) is 16.2. The molecule has 6 heteroatoms. The first-order valence-electron chi connectivity index (χ1n) is 9.14. The summed E-state index contributed by atoms with van der Waals surface area (Å²) < 4.78 is 0. The van der Waals surface area contributed by atoms with Crippen LogP contribution in [0.15, 0.2) is 48.5 Å². The molecular weight excluding hydrogens is 374 g/mol. The summed E-state index contributed by atoms with van der Waals surface area (Å²) in [5.74, 6) is -0.140. The summed E-state index contributed by atoms with van der Waals surface area (Å²) in [4.78, 5) is 14.7. The van der Waals surface area contributed by atoms with Crippen LogP contribution in [-0.4, -0.2) is 33.2 Å². The maximum Gasteiger partial charge on any atom is 0.223 e. The van der Waals surface area contributed by atoms with Gasteiger partial charge in [0.1, 0.15) is 5.75 Å². The number of phenols is 1. The van der Waals surface area contributed by atoms with Crippen molar-refractivity contribution in [1.82, 2.24) is 15.1 Å². The van der Waals surface area contributed by atoms with Crippen LogP contribution in [0.5, 0.6) is 5.75 Å². The molecule has 0 spiro atoms. The van der Waals surface area contributed by atoms with E-state index in [1.54, 1.807) is 30.1 Å². The number of halogens is 1. The van der Waals surface area contributed by atoms with Gasteiger partial charge in [-0.05, 0) is 37.6 Å². The van der Waals surface area contributed by atoms with E-state index in [9.17, 15) is 9.90 Å². The van der Waals surface area contributed by atoms with Gasteiger partial charge in [-0.25, -0.2) is 0 Å². The Bertz CT molecular complexity index is 964. The third-order valence-corrected chi connectivity index (χ3v) is 5.28. The number of nitrogens with one attached hydrogen (secondary N) is 1. The van der Waals surface area contributed by atoms with E-state index in [4.69, 9.17) is 11.6 Å². The highest BCUT2D eigenvalue weighted by Gasteiger charge is 2.24. The molecule has 28 heavy (non-hydrogen) atoms. The molecule has 146 valence electrons. The molecular formula is C22H24ClN3O2. The van der Waals surface area contributed by atoms with Gasteiger partial charge in [0.05, 0.1) is 5.69 Å². The zero-order valence-corrected chi connectivity index (χ0v) is 17.0. The molecule has 3 aromatic rings. The van der Waals surface area contributed by atoms with Crippen molar-refractivity contribution in [3.63, 3.8) is 0 Å². The largest absolute Gasteiger partial charge is 0.508 e. The number of amides is 1. The van der Waals surface area contributed by atoms with Crippen molar-refractivity contribution >= 4 is 17.5 Å². The molecule has 0 saturated heterocycles. The second kappa shape index (κ2) is 8.48. The number of aromatic nitrogens is 2. The van der Waals surface area contributed by atoms with E-state index in [0.29, 0.717) is 17.1 Å². The van der Waals surface area contributed by atoms with E-state index in [2.05, 4.69) is 10.2 Å². The van der Waals surface area contributed by atoms with Crippen LogP contribution in [0.4, 0.5) is 0 Å². The van der Waals surface area contributed by atoms with Crippen molar-refractivity contribution in [1.29, 1.82) is 0 Å². The minimum Gasteiger partial charge on any atom is -0.508 e. The Morgan fingerprint density at radius 2 is 1.96 bits per heavy atom. The van der Waals surface area contributed by atoms with Gasteiger partial charge < -0.3 is 10.0 Å². The SMILES string of the molecule is Cc1n[nH]c(C)c1CN(C)C(=O)CC(c1cccc(Cl)c1)c1ccccc1O. The van der Waals surface area contributed by atoms with Gasteiger partial charge in [-0.2, -0.15) is 5.10 Å². The van der Waals surface area contributed by atoms with Crippen molar-refractivity contribution in [2.24, 2.45) is 0 Å². The molecule has 3 rings (SSSR count). The summed E-state index contributed by atoms with van der Waals surface area (Å²) in [5.41, 5.74) is 4.49. The molecule has 2 N–H and O–H groups in total. The van der Waals surface area contributed by atoms with E-state index in [1.807, 2.05) is 44.2 Å². The normalized spacial score (nSPS) is 12.0. The fourth-order valence-corrected chi connectivity index (χ4v) is 3.57. The predicted octanol–water partition coefficient (Wildman–Crippen LogP) is 4.57. The van der Waals surface area contributed by atoms with E-state index >= 15 is 0 Å². The summed E-state index contributed by atoms with van der Waals surface area (Å²) in [6.45, 7) is 4.36. The second-order valence-electron chi connectivity index (χ2n) is 7.03. The Labute approximate surface area is 170 Å². The van der Waals surface area contributed by atoms with E-state index in [0.717, 1.165) is 22.5 Å². The molecule has 1 atom stereocenters. The quantitative estimate of drug-likeness (QED) is 0.640. The number of H-pyrrole nitrogens is 1. The number of para-hydroxylation sites is 1. The molecule has 0 bridgehead atoms. The molecule has 0 saturated carbocycles. The van der Waals surface area contributed by atoms with Crippen LogP contribution in [0, 0.1) is 13.8 Å². The minimum absolute atomic E-state index is 0.0202. The third kappa shape index (κ3) is 4.37. The van der Waals surface area contributed by atoms with Crippen LogP contribution in [0.3, 0.4) is 0 Å². The van der Waals surface area contributed by atoms with Gasteiger partial charge in [-0.3, -0.25) is 9.89 Å². The fraction of sp³-hybridized carbons (Fsp3) is 0.273. The van der Waals surface area contributed by atoms with Crippen LogP contribution in [-0.2, 0) is 11.3 Å². The number of aryl methyl sites for hydroxylation is 2. The van der Waals surface area contributed by atoms with Crippen LogP contribution in [0.1, 0.15) is 40.4 Å². The third-order valence-electron chi connectivity index (χ3n) is 5.04. The molecule has 1 heterocycles. The Hall–Kier alpha value is -2.79. The van der Waals surface area contributed by atoms with Crippen molar-refractivity contribution in [2.75, 3.05) is 7.05 Å². The fourth-order valence-electron chi connectivity index (χ4n) is 3.38. The number of carbonyl (C=O) groups is 1. The number of benzene rings is 2. The van der Waals surface area contributed by atoms with Gasteiger partial charge in [0, 0.05) is 47.8 Å². The Balaban J connectivity index is 1.87. The van der Waals surface area contributed by atoms with E-state index in [-0.39, 0.29) is 24.0 Å².